The van der Waals surface area contributed by atoms with Crippen LogP contribution in [0.15, 0.2) is 4.99 Å². The second-order valence-electron chi connectivity index (χ2n) is 6.61. The Morgan fingerprint density at radius 2 is 2.15 bits per heavy atom. The zero-order valence-electron chi connectivity index (χ0n) is 17.0. The molecule has 0 bridgehead atoms. The molecule has 1 saturated heterocycles. The number of hydrogen-bond acceptors (Lipinski definition) is 4. The molecule has 2 heterocycles. The number of nitrogens with one attached hydrogen (secondary N) is 2. The third-order valence-corrected chi connectivity index (χ3v) is 4.88. The predicted octanol–water partition coefficient (Wildman–Crippen LogP) is 1.44. The number of carbonyl (C=O) groups excluding carboxylic acids is 1. The van der Waals surface area contributed by atoms with E-state index in [2.05, 4.69) is 27.6 Å². The van der Waals surface area contributed by atoms with Crippen LogP contribution in [-0.2, 0) is 22.6 Å². The molecule has 2 rings (SSSR count). The van der Waals surface area contributed by atoms with Gasteiger partial charge in [-0.15, -0.1) is 24.0 Å². The van der Waals surface area contributed by atoms with Crippen LogP contribution in [-0.4, -0.2) is 66.4 Å². The van der Waals surface area contributed by atoms with Gasteiger partial charge in [-0.25, -0.2) is 0 Å². The van der Waals surface area contributed by atoms with Crippen molar-refractivity contribution in [2.75, 3.05) is 33.9 Å². The third kappa shape index (κ3) is 6.34. The number of hydrogen-bond donors (Lipinski definition) is 2. The van der Waals surface area contributed by atoms with Crippen molar-refractivity contribution in [2.45, 2.75) is 52.7 Å². The number of aromatic nitrogens is 2. The van der Waals surface area contributed by atoms with Crippen LogP contribution in [0.4, 0.5) is 0 Å². The normalized spacial score (nSPS) is 17.0. The fourth-order valence-electron chi connectivity index (χ4n) is 3.27. The highest BCUT2D eigenvalue weighted by molar-refractivity contribution is 14.0. The van der Waals surface area contributed by atoms with E-state index in [1.54, 1.807) is 14.2 Å². The standard InChI is InChI=1S/C18H32N6O2.HI/c1-6-17(25)23-8-7-15(12-23)21-18(19-4)20-11-16-13(2)22-24(14(16)3)9-10-26-5;/h15H,6-12H2,1-5H3,(H2,19,20,21);1H. The summed E-state index contributed by atoms with van der Waals surface area (Å²) in [6.45, 7) is 9.61. The van der Waals surface area contributed by atoms with Gasteiger partial charge in [0.1, 0.15) is 0 Å². The summed E-state index contributed by atoms with van der Waals surface area (Å²) < 4.78 is 7.12. The Morgan fingerprint density at radius 1 is 1.41 bits per heavy atom. The van der Waals surface area contributed by atoms with Crippen molar-refractivity contribution < 1.29 is 9.53 Å². The fraction of sp³-hybridized carbons (Fsp3) is 0.722. The molecule has 1 aromatic heterocycles. The summed E-state index contributed by atoms with van der Waals surface area (Å²) in [6, 6.07) is 0.239. The molecule has 1 fully saturated rings. The number of likely N-dealkylation sites (tertiary alicyclic amines) is 1. The highest BCUT2D eigenvalue weighted by atomic mass is 127. The molecular formula is C18H33IN6O2. The molecule has 8 nitrogen and oxygen atoms in total. The maximum absolute atomic E-state index is 11.8. The number of halogens is 1. The summed E-state index contributed by atoms with van der Waals surface area (Å²) in [6.07, 6.45) is 1.50. The summed E-state index contributed by atoms with van der Waals surface area (Å²) in [5.74, 6) is 0.969. The van der Waals surface area contributed by atoms with Crippen LogP contribution < -0.4 is 10.6 Å². The van der Waals surface area contributed by atoms with E-state index in [9.17, 15) is 4.79 Å². The first-order valence-corrected chi connectivity index (χ1v) is 9.26. The van der Waals surface area contributed by atoms with Gasteiger partial charge in [-0.2, -0.15) is 5.10 Å². The van der Waals surface area contributed by atoms with E-state index >= 15 is 0 Å². The Kier molecular flexibility index (Phi) is 10.1. The lowest BCUT2D eigenvalue weighted by Gasteiger charge is -2.19. The smallest absolute Gasteiger partial charge is 0.222 e. The van der Waals surface area contributed by atoms with Gasteiger partial charge in [0.25, 0.3) is 0 Å². The second kappa shape index (κ2) is 11.5. The molecule has 1 aromatic rings. The lowest BCUT2D eigenvalue weighted by Crippen LogP contribution is -2.44. The maximum Gasteiger partial charge on any atom is 0.222 e. The quantitative estimate of drug-likeness (QED) is 0.342. The number of aryl methyl sites for hydroxylation is 1. The van der Waals surface area contributed by atoms with Crippen LogP contribution >= 0.6 is 24.0 Å². The molecule has 1 atom stereocenters. The minimum Gasteiger partial charge on any atom is -0.383 e. The Hall–Kier alpha value is -1.36. The average molecular weight is 492 g/mol. The van der Waals surface area contributed by atoms with Crippen LogP contribution in [0.3, 0.4) is 0 Å². The van der Waals surface area contributed by atoms with Gasteiger partial charge in [0, 0.05) is 57.5 Å². The van der Waals surface area contributed by atoms with Gasteiger partial charge in [0.15, 0.2) is 5.96 Å². The number of amides is 1. The molecule has 0 aromatic carbocycles. The van der Waals surface area contributed by atoms with Crippen molar-refractivity contribution in [3.63, 3.8) is 0 Å². The Bertz CT molecular complexity index is 646. The minimum atomic E-state index is 0. The second-order valence-corrected chi connectivity index (χ2v) is 6.61. The van der Waals surface area contributed by atoms with Crippen LogP contribution in [0.25, 0.3) is 0 Å². The number of nitrogens with zero attached hydrogens (tertiary/aromatic N) is 4. The topological polar surface area (TPSA) is 83.8 Å². The molecule has 1 unspecified atom stereocenters. The molecule has 1 aliphatic rings. The molecular weight excluding hydrogens is 459 g/mol. The molecule has 9 heteroatoms. The molecule has 0 aliphatic carbocycles. The zero-order valence-corrected chi connectivity index (χ0v) is 19.4. The van der Waals surface area contributed by atoms with E-state index in [1.165, 1.54) is 5.56 Å². The molecule has 1 amide bonds. The van der Waals surface area contributed by atoms with Gasteiger partial charge >= 0.3 is 0 Å². The monoisotopic (exact) mass is 492 g/mol. The van der Waals surface area contributed by atoms with Crippen molar-refractivity contribution in [1.82, 2.24) is 25.3 Å². The van der Waals surface area contributed by atoms with Crippen molar-refractivity contribution in [3.05, 3.63) is 17.0 Å². The summed E-state index contributed by atoms with van der Waals surface area (Å²) in [5.41, 5.74) is 3.34. The first-order valence-electron chi connectivity index (χ1n) is 9.26. The fourth-order valence-corrected chi connectivity index (χ4v) is 3.27. The third-order valence-electron chi connectivity index (χ3n) is 4.88. The summed E-state index contributed by atoms with van der Waals surface area (Å²) in [4.78, 5) is 18.0. The number of rotatable bonds is 7. The highest BCUT2D eigenvalue weighted by Crippen LogP contribution is 2.13. The van der Waals surface area contributed by atoms with Crippen molar-refractivity contribution >= 4 is 35.8 Å². The van der Waals surface area contributed by atoms with Crippen molar-refractivity contribution in [3.8, 4) is 0 Å². The Labute approximate surface area is 179 Å². The van der Waals surface area contributed by atoms with Gasteiger partial charge in [-0.1, -0.05) is 6.92 Å². The van der Waals surface area contributed by atoms with Crippen LogP contribution in [0.5, 0.6) is 0 Å². The van der Waals surface area contributed by atoms with Gasteiger partial charge in [-0.3, -0.25) is 14.5 Å². The zero-order chi connectivity index (χ0) is 19.1. The SMILES string of the molecule is CCC(=O)N1CCC(NC(=NC)NCc2c(C)nn(CCOC)c2C)C1.I. The van der Waals surface area contributed by atoms with E-state index in [1.807, 2.05) is 23.4 Å². The van der Waals surface area contributed by atoms with Crippen molar-refractivity contribution in [1.29, 1.82) is 0 Å². The lowest BCUT2D eigenvalue weighted by molar-refractivity contribution is -0.129. The number of carbonyl (C=O) groups is 1. The summed E-state index contributed by atoms with van der Waals surface area (Å²) in [5, 5.41) is 11.4. The molecule has 0 saturated carbocycles. The molecule has 0 spiro atoms. The maximum atomic E-state index is 11.8. The van der Waals surface area contributed by atoms with Crippen molar-refractivity contribution in [2.24, 2.45) is 4.99 Å². The molecule has 154 valence electrons. The van der Waals surface area contributed by atoms with Gasteiger partial charge in [0.05, 0.1) is 18.8 Å². The van der Waals surface area contributed by atoms with Gasteiger partial charge in [0.2, 0.25) is 5.91 Å². The predicted molar refractivity (Wildman–Crippen MR) is 118 cm³/mol. The highest BCUT2D eigenvalue weighted by Gasteiger charge is 2.25. The molecule has 2 N–H and O–H groups in total. The van der Waals surface area contributed by atoms with E-state index < -0.39 is 0 Å². The molecule has 0 radical (unpaired) electrons. The first kappa shape index (κ1) is 23.7. The molecule has 1 aliphatic heterocycles. The van der Waals surface area contributed by atoms with Crippen LogP contribution in [0.2, 0.25) is 0 Å². The van der Waals surface area contributed by atoms with E-state index in [4.69, 9.17) is 4.74 Å². The van der Waals surface area contributed by atoms with E-state index in [0.717, 1.165) is 43.4 Å². The van der Waals surface area contributed by atoms with Gasteiger partial charge < -0.3 is 20.3 Å². The molecule has 27 heavy (non-hydrogen) atoms. The van der Waals surface area contributed by atoms with Crippen LogP contribution in [0.1, 0.15) is 36.7 Å². The number of guanidine groups is 1. The summed E-state index contributed by atoms with van der Waals surface area (Å²) in [7, 11) is 3.46. The number of methoxy groups -OCH3 is 1. The first-order chi connectivity index (χ1) is 12.5. The van der Waals surface area contributed by atoms with Crippen LogP contribution in [0, 0.1) is 13.8 Å². The Balaban J connectivity index is 0.00000364. The summed E-state index contributed by atoms with van der Waals surface area (Å²) >= 11 is 0. The van der Waals surface area contributed by atoms with E-state index in [-0.39, 0.29) is 35.9 Å². The number of aliphatic imine (C=N–C) groups is 1. The van der Waals surface area contributed by atoms with E-state index in [0.29, 0.717) is 19.6 Å². The Morgan fingerprint density at radius 3 is 2.78 bits per heavy atom. The minimum absolute atomic E-state index is 0. The van der Waals surface area contributed by atoms with Gasteiger partial charge in [-0.05, 0) is 20.3 Å². The average Bonchev–Trinajstić information content (AvgIpc) is 3.21. The number of ether oxygens (including phenoxy) is 1. The largest absolute Gasteiger partial charge is 0.383 e. The lowest BCUT2D eigenvalue weighted by atomic mass is 10.2.